The molecule has 0 unspecified atom stereocenters. The standard InChI is InChI=1S/C40H24N2S2/c1-2-11-25(12-3-1)37-36-33-18-5-7-22-35(33)44-40(36)42-39(41-37)29-16-9-14-27(24-29)26-13-8-15-28(23-26)30-19-10-20-32-31-17-4-6-21-34(31)43-38(30)32/h1-24H. The molecule has 6 aromatic carbocycles. The maximum absolute atomic E-state index is 5.22. The summed E-state index contributed by atoms with van der Waals surface area (Å²) in [5.74, 6) is 0.746. The van der Waals surface area contributed by atoms with Crippen LogP contribution in [0.3, 0.4) is 0 Å². The summed E-state index contributed by atoms with van der Waals surface area (Å²) in [6, 6.07) is 51.9. The Balaban J connectivity index is 1.18. The molecular formula is C40H24N2S2. The van der Waals surface area contributed by atoms with E-state index >= 15 is 0 Å². The second kappa shape index (κ2) is 10.2. The molecule has 0 spiro atoms. The molecule has 0 fully saturated rings. The van der Waals surface area contributed by atoms with Crippen molar-refractivity contribution in [2.75, 3.05) is 0 Å². The SMILES string of the molecule is c1ccc(-c2nc(-c3cccc(-c4cccc(-c5cccc6c5sc5ccccc56)c4)c3)nc3sc4ccccc4c23)cc1. The summed E-state index contributed by atoms with van der Waals surface area (Å²) in [6.45, 7) is 0. The molecule has 2 nitrogen and oxygen atoms in total. The van der Waals surface area contributed by atoms with Crippen LogP contribution in [-0.4, -0.2) is 9.97 Å². The van der Waals surface area contributed by atoms with E-state index in [0.29, 0.717) is 0 Å². The van der Waals surface area contributed by atoms with Gasteiger partial charge in [0.25, 0.3) is 0 Å². The van der Waals surface area contributed by atoms with Crippen LogP contribution in [0.5, 0.6) is 0 Å². The smallest absolute Gasteiger partial charge is 0.161 e. The fourth-order valence-electron chi connectivity index (χ4n) is 6.24. The molecule has 206 valence electrons. The molecule has 0 amide bonds. The van der Waals surface area contributed by atoms with Crippen LogP contribution >= 0.6 is 22.7 Å². The molecule has 9 aromatic rings. The summed E-state index contributed by atoms with van der Waals surface area (Å²) in [5, 5.41) is 4.97. The number of hydrogen-bond acceptors (Lipinski definition) is 4. The molecule has 4 heteroatoms. The second-order valence-electron chi connectivity index (χ2n) is 11.0. The van der Waals surface area contributed by atoms with E-state index in [1.165, 1.54) is 46.9 Å². The minimum absolute atomic E-state index is 0.746. The normalized spacial score (nSPS) is 11.6. The third kappa shape index (κ3) is 4.15. The van der Waals surface area contributed by atoms with Crippen LogP contribution in [0.25, 0.3) is 85.4 Å². The van der Waals surface area contributed by atoms with Crippen LogP contribution in [0, 0.1) is 0 Å². The number of thiophene rings is 2. The monoisotopic (exact) mass is 596 g/mol. The van der Waals surface area contributed by atoms with Gasteiger partial charge in [-0.2, -0.15) is 0 Å². The van der Waals surface area contributed by atoms with Gasteiger partial charge in [-0.3, -0.25) is 0 Å². The molecule has 0 aliphatic heterocycles. The van der Waals surface area contributed by atoms with Crippen LogP contribution in [-0.2, 0) is 0 Å². The van der Waals surface area contributed by atoms with Gasteiger partial charge in [-0.25, -0.2) is 9.97 Å². The first-order valence-electron chi connectivity index (χ1n) is 14.7. The van der Waals surface area contributed by atoms with Gasteiger partial charge in [0.1, 0.15) is 4.83 Å². The van der Waals surface area contributed by atoms with Gasteiger partial charge in [-0.05, 0) is 46.5 Å². The minimum Gasteiger partial charge on any atom is -0.227 e. The average molecular weight is 597 g/mol. The van der Waals surface area contributed by atoms with Gasteiger partial charge in [0.2, 0.25) is 0 Å². The van der Waals surface area contributed by atoms with Crippen molar-refractivity contribution in [3.8, 4) is 44.9 Å². The van der Waals surface area contributed by atoms with Gasteiger partial charge in [-0.1, -0.05) is 121 Å². The molecule has 0 radical (unpaired) electrons. The van der Waals surface area contributed by atoms with Crippen molar-refractivity contribution in [1.29, 1.82) is 0 Å². The van der Waals surface area contributed by atoms with Crippen LogP contribution in [0.2, 0.25) is 0 Å². The molecule has 0 N–H and O–H groups in total. The van der Waals surface area contributed by atoms with Gasteiger partial charge in [-0.15, -0.1) is 22.7 Å². The maximum Gasteiger partial charge on any atom is 0.161 e. The van der Waals surface area contributed by atoms with Crippen molar-refractivity contribution < 1.29 is 0 Å². The zero-order valence-electron chi connectivity index (χ0n) is 23.6. The highest BCUT2D eigenvalue weighted by Crippen LogP contribution is 2.42. The third-order valence-corrected chi connectivity index (χ3v) is 10.6. The molecular weight excluding hydrogens is 573 g/mol. The van der Waals surface area contributed by atoms with Crippen LogP contribution in [0.4, 0.5) is 0 Å². The first-order chi connectivity index (χ1) is 21.8. The number of fused-ring (bicyclic) bond motifs is 6. The van der Waals surface area contributed by atoms with Gasteiger partial charge in [0, 0.05) is 46.8 Å². The van der Waals surface area contributed by atoms with E-state index in [0.717, 1.165) is 38.4 Å². The number of rotatable bonds is 4. The van der Waals surface area contributed by atoms with Crippen molar-refractivity contribution in [1.82, 2.24) is 9.97 Å². The highest BCUT2D eigenvalue weighted by atomic mass is 32.1. The molecule has 44 heavy (non-hydrogen) atoms. The highest BCUT2D eigenvalue weighted by molar-refractivity contribution is 7.26. The fourth-order valence-corrected chi connectivity index (χ4v) is 8.55. The molecule has 3 heterocycles. The lowest BCUT2D eigenvalue weighted by molar-refractivity contribution is 1.24. The number of benzene rings is 6. The van der Waals surface area contributed by atoms with Gasteiger partial charge >= 0.3 is 0 Å². The van der Waals surface area contributed by atoms with E-state index < -0.39 is 0 Å². The lowest BCUT2D eigenvalue weighted by atomic mass is 9.97. The lowest BCUT2D eigenvalue weighted by Crippen LogP contribution is -1.94. The molecule has 0 atom stereocenters. The van der Waals surface area contributed by atoms with E-state index in [9.17, 15) is 0 Å². The van der Waals surface area contributed by atoms with Crippen LogP contribution in [0.1, 0.15) is 0 Å². The summed E-state index contributed by atoms with van der Waals surface area (Å²) in [5.41, 5.74) is 7.90. The Morgan fingerprint density at radius 3 is 1.82 bits per heavy atom. The average Bonchev–Trinajstić information content (AvgIpc) is 3.67. The predicted molar refractivity (Wildman–Crippen MR) is 190 cm³/mol. The molecule has 0 aliphatic rings. The Bertz CT molecular complexity index is 2510. The Hall–Kier alpha value is -5.16. The van der Waals surface area contributed by atoms with E-state index in [1.54, 1.807) is 11.3 Å². The molecule has 9 rings (SSSR count). The molecule has 0 bridgehead atoms. The van der Waals surface area contributed by atoms with Crippen molar-refractivity contribution in [3.05, 3.63) is 146 Å². The van der Waals surface area contributed by atoms with Crippen molar-refractivity contribution in [2.24, 2.45) is 0 Å². The van der Waals surface area contributed by atoms with Crippen LogP contribution in [0.15, 0.2) is 146 Å². The first-order valence-corrected chi connectivity index (χ1v) is 16.3. The summed E-state index contributed by atoms with van der Waals surface area (Å²) >= 11 is 3.60. The van der Waals surface area contributed by atoms with E-state index in [2.05, 4.69) is 140 Å². The predicted octanol–water partition coefficient (Wildman–Crippen LogP) is 11.9. The Morgan fingerprint density at radius 1 is 0.409 bits per heavy atom. The minimum atomic E-state index is 0.746. The molecule has 3 aromatic heterocycles. The van der Waals surface area contributed by atoms with Crippen molar-refractivity contribution in [3.63, 3.8) is 0 Å². The summed E-state index contributed by atoms with van der Waals surface area (Å²) in [7, 11) is 0. The number of nitrogens with zero attached hydrogens (tertiary/aromatic N) is 2. The summed E-state index contributed by atoms with van der Waals surface area (Å²) in [6.07, 6.45) is 0. The van der Waals surface area contributed by atoms with Crippen LogP contribution < -0.4 is 0 Å². The number of hydrogen-bond donors (Lipinski definition) is 0. The lowest BCUT2D eigenvalue weighted by Gasteiger charge is -2.10. The first kappa shape index (κ1) is 25.3. The van der Waals surface area contributed by atoms with Crippen molar-refractivity contribution >= 4 is 63.1 Å². The molecule has 0 saturated heterocycles. The Morgan fingerprint density at radius 2 is 1.00 bits per heavy atom. The van der Waals surface area contributed by atoms with Gasteiger partial charge < -0.3 is 0 Å². The Labute approximate surface area is 262 Å². The fraction of sp³-hybridized carbons (Fsp3) is 0. The quantitative estimate of drug-likeness (QED) is 0.202. The summed E-state index contributed by atoms with van der Waals surface area (Å²) < 4.78 is 3.88. The number of aromatic nitrogens is 2. The highest BCUT2D eigenvalue weighted by Gasteiger charge is 2.17. The van der Waals surface area contributed by atoms with E-state index in [1.807, 2.05) is 17.4 Å². The topological polar surface area (TPSA) is 25.8 Å². The van der Waals surface area contributed by atoms with E-state index in [4.69, 9.17) is 9.97 Å². The van der Waals surface area contributed by atoms with E-state index in [-0.39, 0.29) is 0 Å². The maximum atomic E-state index is 5.22. The third-order valence-electron chi connectivity index (χ3n) is 8.32. The molecule has 0 aliphatic carbocycles. The largest absolute Gasteiger partial charge is 0.227 e. The summed E-state index contributed by atoms with van der Waals surface area (Å²) in [4.78, 5) is 11.4. The zero-order valence-corrected chi connectivity index (χ0v) is 25.2. The Kier molecular flexibility index (Phi) is 5.90. The van der Waals surface area contributed by atoms with Gasteiger partial charge in [0.05, 0.1) is 5.69 Å². The zero-order chi connectivity index (χ0) is 29.0. The second-order valence-corrected chi connectivity index (χ2v) is 13.1. The van der Waals surface area contributed by atoms with Crippen molar-refractivity contribution in [2.45, 2.75) is 0 Å². The molecule has 0 saturated carbocycles. The van der Waals surface area contributed by atoms with Gasteiger partial charge in [0.15, 0.2) is 5.82 Å².